The Balaban J connectivity index is 2.34. The van der Waals surface area contributed by atoms with Gasteiger partial charge in [-0.1, -0.05) is 0 Å². The summed E-state index contributed by atoms with van der Waals surface area (Å²) in [6.07, 6.45) is 1.71. The van der Waals surface area contributed by atoms with E-state index in [9.17, 15) is 0 Å². The topological polar surface area (TPSA) is 31.4 Å². The number of pyridine rings is 1. The van der Waals surface area contributed by atoms with Crippen molar-refractivity contribution >= 4 is 0 Å². The maximum Gasteiger partial charge on any atom is 0.122 e. The lowest BCUT2D eigenvalue weighted by molar-refractivity contribution is 0.414. The Bertz CT molecular complexity index is 466. The van der Waals surface area contributed by atoms with Crippen molar-refractivity contribution in [2.24, 2.45) is 0 Å². The zero-order chi connectivity index (χ0) is 11.4. The first kappa shape index (κ1) is 10.5. The van der Waals surface area contributed by atoms with Gasteiger partial charge >= 0.3 is 0 Å². The van der Waals surface area contributed by atoms with Crippen LogP contribution in [0.4, 0.5) is 0 Å². The van der Waals surface area contributed by atoms with Crippen molar-refractivity contribution in [3.63, 3.8) is 0 Å². The maximum absolute atomic E-state index is 5.14. The summed E-state index contributed by atoms with van der Waals surface area (Å²) in [4.78, 5) is 4.26. The van der Waals surface area contributed by atoms with Crippen molar-refractivity contribution in [2.45, 2.75) is 0 Å². The van der Waals surface area contributed by atoms with Crippen LogP contribution in [0.5, 0.6) is 11.5 Å². The fraction of sp³-hybridized carbons (Fsp3) is 0.154. The van der Waals surface area contributed by atoms with Crippen molar-refractivity contribution in [1.82, 2.24) is 4.98 Å². The molecular weight excluding hydrogens is 202 g/mol. The number of methoxy groups -OCH3 is 2. The van der Waals surface area contributed by atoms with Crippen molar-refractivity contribution in [3.8, 4) is 22.8 Å². The molecule has 0 saturated heterocycles. The fourth-order valence-corrected chi connectivity index (χ4v) is 1.38. The molecule has 0 aliphatic rings. The molecule has 0 bridgehead atoms. The van der Waals surface area contributed by atoms with E-state index in [0.717, 1.165) is 22.8 Å². The van der Waals surface area contributed by atoms with E-state index in [1.807, 2.05) is 24.3 Å². The summed E-state index contributed by atoms with van der Waals surface area (Å²) in [7, 11) is 3.27. The lowest BCUT2D eigenvalue weighted by atomic mass is 10.1. The van der Waals surface area contributed by atoms with Crippen LogP contribution in [0.3, 0.4) is 0 Å². The molecule has 0 amide bonds. The molecule has 1 heterocycles. The van der Waals surface area contributed by atoms with Gasteiger partial charge in [0, 0.05) is 17.8 Å². The molecule has 2 rings (SSSR count). The van der Waals surface area contributed by atoms with Gasteiger partial charge in [-0.3, -0.25) is 4.98 Å². The third-order valence-electron chi connectivity index (χ3n) is 2.26. The SMILES string of the molecule is COc1c[c]c(-c2cc(OC)ccn2)cc1. The highest BCUT2D eigenvalue weighted by atomic mass is 16.5. The molecule has 0 aliphatic carbocycles. The molecule has 0 atom stereocenters. The van der Waals surface area contributed by atoms with Gasteiger partial charge in [-0.2, -0.15) is 0 Å². The molecule has 0 fully saturated rings. The smallest absolute Gasteiger partial charge is 0.122 e. The van der Waals surface area contributed by atoms with Crippen LogP contribution in [-0.4, -0.2) is 19.2 Å². The Morgan fingerprint density at radius 3 is 2.50 bits per heavy atom. The van der Waals surface area contributed by atoms with Gasteiger partial charge in [-0.25, -0.2) is 0 Å². The van der Waals surface area contributed by atoms with Gasteiger partial charge in [0.25, 0.3) is 0 Å². The second-order valence-electron chi connectivity index (χ2n) is 3.22. The quantitative estimate of drug-likeness (QED) is 0.786. The summed E-state index contributed by atoms with van der Waals surface area (Å²) in [5.74, 6) is 1.57. The Hall–Kier alpha value is -2.03. The van der Waals surface area contributed by atoms with E-state index in [1.165, 1.54) is 0 Å². The van der Waals surface area contributed by atoms with E-state index >= 15 is 0 Å². The molecule has 1 radical (unpaired) electrons. The summed E-state index contributed by atoms with van der Waals surface area (Å²) in [5.41, 5.74) is 1.75. The first-order valence-corrected chi connectivity index (χ1v) is 4.89. The standard InChI is InChI=1S/C13H12NO2/c1-15-11-5-3-10(4-6-11)13-9-12(16-2)7-8-14-13/h3,5-9H,1-2H3. The van der Waals surface area contributed by atoms with Crippen molar-refractivity contribution < 1.29 is 9.47 Å². The number of aromatic nitrogens is 1. The van der Waals surface area contributed by atoms with E-state index in [2.05, 4.69) is 11.1 Å². The van der Waals surface area contributed by atoms with Gasteiger partial charge in [0.05, 0.1) is 19.9 Å². The number of ether oxygens (including phenoxy) is 2. The first-order chi connectivity index (χ1) is 7.83. The second kappa shape index (κ2) is 4.66. The molecule has 81 valence electrons. The molecule has 3 heteroatoms. The van der Waals surface area contributed by atoms with Gasteiger partial charge in [0.15, 0.2) is 0 Å². The summed E-state index contributed by atoms with van der Waals surface area (Å²) in [6.45, 7) is 0. The third-order valence-corrected chi connectivity index (χ3v) is 2.26. The molecule has 0 spiro atoms. The van der Waals surface area contributed by atoms with Crippen molar-refractivity contribution in [1.29, 1.82) is 0 Å². The third kappa shape index (κ3) is 2.14. The minimum atomic E-state index is 0.784. The highest BCUT2D eigenvalue weighted by Gasteiger charge is 2.01. The zero-order valence-corrected chi connectivity index (χ0v) is 9.23. The monoisotopic (exact) mass is 214 g/mol. The molecule has 16 heavy (non-hydrogen) atoms. The average molecular weight is 214 g/mol. The Morgan fingerprint density at radius 1 is 1.06 bits per heavy atom. The first-order valence-electron chi connectivity index (χ1n) is 4.89. The highest BCUT2D eigenvalue weighted by Crippen LogP contribution is 2.22. The van der Waals surface area contributed by atoms with Gasteiger partial charge in [0.1, 0.15) is 11.5 Å². The van der Waals surface area contributed by atoms with Crippen LogP contribution in [0, 0.1) is 6.07 Å². The van der Waals surface area contributed by atoms with Crippen molar-refractivity contribution in [2.75, 3.05) is 14.2 Å². The minimum absolute atomic E-state index is 0.784. The largest absolute Gasteiger partial charge is 0.497 e. The average Bonchev–Trinajstić information content (AvgIpc) is 2.39. The molecule has 0 saturated carbocycles. The van der Waals surface area contributed by atoms with Gasteiger partial charge in [-0.15, -0.1) is 0 Å². The highest BCUT2D eigenvalue weighted by molar-refractivity contribution is 5.60. The summed E-state index contributed by atoms with van der Waals surface area (Å²) >= 11 is 0. The van der Waals surface area contributed by atoms with E-state index in [0.29, 0.717) is 0 Å². The van der Waals surface area contributed by atoms with Crippen LogP contribution in [0.1, 0.15) is 0 Å². The lowest BCUT2D eigenvalue weighted by Gasteiger charge is -2.04. The van der Waals surface area contributed by atoms with Crippen molar-refractivity contribution in [3.05, 3.63) is 42.6 Å². The van der Waals surface area contributed by atoms with Crippen LogP contribution in [0.15, 0.2) is 36.5 Å². The van der Waals surface area contributed by atoms with Crippen LogP contribution >= 0.6 is 0 Å². The van der Waals surface area contributed by atoms with E-state index < -0.39 is 0 Å². The minimum Gasteiger partial charge on any atom is -0.497 e. The fourth-order valence-electron chi connectivity index (χ4n) is 1.38. The molecule has 1 aromatic heterocycles. The number of benzene rings is 1. The predicted molar refractivity (Wildman–Crippen MR) is 61.6 cm³/mol. The van der Waals surface area contributed by atoms with Gasteiger partial charge in [-0.05, 0) is 30.3 Å². The molecule has 3 nitrogen and oxygen atoms in total. The van der Waals surface area contributed by atoms with Crippen LogP contribution in [0.2, 0.25) is 0 Å². The van der Waals surface area contributed by atoms with Gasteiger partial charge < -0.3 is 9.47 Å². The predicted octanol–water partition coefficient (Wildman–Crippen LogP) is 2.57. The molecule has 1 aromatic carbocycles. The Labute approximate surface area is 94.7 Å². The normalized spacial score (nSPS) is 9.88. The summed E-state index contributed by atoms with van der Waals surface area (Å²) < 4.78 is 10.2. The van der Waals surface area contributed by atoms with Crippen LogP contribution < -0.4 is 9.47 Å². The number of rotatable bonds is 3. The summed E-state index contributed by atoms with van der Waals surface area (Å²) in [6, 6.07) is 12.4. The maximum atomic E-state index is 5.14. The van der Waals surface area contributed by atoms with Gasteiger partial charge in [0.2, 0.25) is 0 Å². The van der Waals surface area contributed by atoms with Crippen LogP contribution in [-0.2, 0) is 0 Å². The number of nitrogens with zero attached hydrogens (tertiary/aromatic N) is 1. The molecular formula is C13H12NO2. The molecule has 0 N–H and O–H groups in total. The molecule has 0 unspecified atom stereocenters. The number of hydrogen-bond acceptors (Lipinski definition) is 3. The van der Waals surface area contributed by atoms with E-state index in [-0.39, 0.29) is 0 Å². The second-order valence-corrected chi connectivity index (χ2v) is 3.22. The lowest BCUT2D eigenvalue weighted by Crippen LogP contribution is -1.88. The van der Waals surface area contributed by atoms with E-state index in [1.54, 1.807) is 26.5 Å². The molecule has 0 aliphatic heterocycles. The summed E-state index contributed by atoms with van der Waals surface area (Å²) in [5, 5.41) is 0. The van der Waals surface area contributed by atoms with E-state index in [4.69, 9.17) is 9.47 Å². The Morgan fingerprint density at radius 2 is 1.88 bits per heavy atom. The Kier molecular flexibility index (Phi) is 3.05. The molecule has 2 aromatic rings. The number of hydrogen-bond donors (Lipinski definition) is 0. The zero-order valence-electron chi connectivity index (χ0n) is 9.23. The van der Waals surface area contributed by atoms with Crippen LogP contribution in [0.25, 0.3) is 11.3 Å².